The highest BCUT2D eigenvalue weighted by atomic mass is 35.5. The Morgan fingerprint density at radius 1 is 1.17 bits per heavy atom. The molecule has 1 amide bonds. The number of rotatable bonds is 7. The average molecular weight is 441 g/mol. The Balaban J connectivity index is 1.74. The zero-order chi connectivity index (χ0) is 21.1. The quantitative estimate of drug-likeness (QED) is 0.715. The van der Waals surface area contributed by atoms with Crippen molar-refractivity contribution in [3.05, 3.63) is 59.4 Å². The molecule has 0 bridgehead atoms. The van der Waals surface area contributed by atoms with Crippen LogP contribution in [-0.2, 0) is 14.8 Å². The number of benzene rings is 2. The molecule has 29 heavy (non-hydrogen) atoms. The van der Waals surface area contributed by atoms with Crippen molar-refractivity contribution in [2.24, 2.45) is 11.1 Å². The summed E-state index contributed by atoms with van der Waals surface area (Å²) >= 11 is 5.97. The number of hydrogen-bond acceptors (Lipinski definition) is 4. The number of ether oxygens (including phenoxy) is 1. The van der Waals surface area contributed by atoms with Gasteiger partial charge < -0.3 is 10.5 Å². The topological polar surface area (TPSA) is 89.7 Å². The van der Waals surface area contributed by atoms with Crippen LogP contribution in [0.2, 0.25) is 5.02 Å². The molecule has 1 aliphatic heterocycles. The molecule has 1 aliphatic rings. The zero-order valence-corrected chi connectivity index (χ0v) is 17.3. The number of carbonyl (C=O) groups excluding carboxylic acids is 1. The normalized spacial score (nSPS) is 17.0. The summed E-state index contributed by atoms with van der Waals surface area (Å²) in [6.45, 7) is 0.482. The van der Waals surface area contributed by atoms with Gasteiger partial charge in [-0.05, 0) is 43.2 Å². The van der Waals surface area contributed by atoms with E-state index in [0.717, 1.165) is 6.07 Å². The molecule has 2 aromatic rings. The van der Waals surface area contributed by atoms with Crippen LogP contribution in [0.15, 0.2) is 53.4 Å². The summed E-state index contributed by atoms with van der Waals surface area (Å²) in [4.78, 5) is 11.3. The van der Waals surface area contributed by atoms with E-state index < -0.39 is 27.2 Å². The number of hydrogen-bond donors (Lipinski definition) is 1. The van der Waals surface area contributed by atoms with E-state index in [9.17, 15) is 17.6 Å². The minimum absolute atomic E-state index is 0.0706. The molecule has 0 atom stereocenters. The van der Waals surface area contributed by atoms with Crippen molar-refractivity contribution in [1.82, 2.24) is 4.31 Å². The van der Waals surface area contributed by atoms with Gasteiger partial charge in [-0.3, -0.25) is 4.79 Å². The number of carbonyl (C=O) groups is 1. The zero-order valence-electron chi connectivity index (χ0n) is 15.7. The SMILES string of the molecule is NC(=O)CC1(COc2cccc(Cl)c2)CCN(S(=O)(=O)c2ccccc2F)CC1. The van der Waals surface area contributed by atoms with E-state index in [2.05, 4.69) is 0 Å². The maximum Gasteiger partial charge on any atom is 0.245 e. The third-order valence-electron chi connectivity index (χ3n) is 5.13. The summed E-state index contributed by atoms with van der Waals surface area (Å²) in [5, 5.41) is 0.525. The van der Waals surface area contributed by atoms with Gasteiger partial charge >= 0.3 is 0 Å². The Labute approximate surface area is 174 Å². The molecule has 1 heterocycles. The molecule has 1 fully saturated rings. The molecular formula is C20H22ClFN2O4S. The second kappa shape index (κ2) is 8.69. The van der Waals surface area contributed by atoms with Crippen LogP contribution >= 0.6 is 11.6 Å². The largest absolute Gasteiger partial charge is 0.493 e. The van der Waals surface area contributed by atoms with Crippen LogP contribution in [0.3, 0.4) is 0 Å². The van der Waals surface area contributed by atoms with Crippen LogP contribution in [0.1, 0.15) is 19.3 Å². The van der Waals surface area contributed by atoms with Gasteiger partial charge in [0.05, 0.1) is 6.61 Å². The van der Waals surface area contributed by atoms with Crippen LogP contribution in [0, 0.1) is 11.2 Å². The summed E-state index contributed by atoms with van der Waals surface area (Å²) in [7, 11) is -3.96. The minimum atomic E-state index is -3.96. The summed E-state index contributed by atoms with van der Waals surface area (Å²) < 4.78 is 46.7. The maximum absolute atomic E-state index is 14.0. The van der Waals surface area contributed by atoms with Crippen LogP contribution < -0.4 is 10.5 Å². The van der Waals surface area contributed by atoms with Crippen molar-refractivity contribution < 1.29 is 22.3 Å². The highest BCUT2D eigenvalue weighted by molar-refractivity contribution is 7.89. The van der Waals surface area contributed by atoms with Crippen molar-refractivity contribution in [3.63, 3.8) is 0 Å². The molecule has 3 rings (SSSR count). The average Bonchev–Trinajstić information content (AvgIpc) is 2.67. The van der Waals surface area contributed by atoms with E-state index in [4.69, 9.17) is 22.1 Å². The summed E-state index contributed by atoms with van der Waals surface area (Å²) in [5.41, 5.74) is 4.83. The lowest BCUT2D eigenvalue weighted by Crippen LogP contribution is -2.47. The number of piperidine rings is 1. The van der Waals surface area contributed by atoms with Crippen LogP contribution in [0.4, 0.5) is 4.39 Å². The Morgan fingerprint density at radius 2 is 1.86 bits per heavy atom. The number of nitrogens with zero attached hydrogens (tertiary/aromatic N) is 1. The van der Waals surface area contributed by atoms with Crippen LogP contribution in [-0.4, -0.2) is 38.3 Å². The molecule has 2 N–H and O–H groups in total. The lowest BCUT2D eigenvalue weighted by atomic mass is 9.76. The van der Waals surface area contributed by atoms with E-state index in [-0.39, 0.29) is 31.0 Å². The molecule has 0 aromatic heterocycles. The van der Waals surface area contributed by atoms with Gasteiger partial charge in [-0.15, -0.1) is 0 Å². The molecule has 6 nitrogen and oxygen atoms in total. The molecule has 0 unspecified atom stereocenters. The first-order valence-electron chi connectivity index (χ1n) is 9.13. The van der Waals surface area contributed by atoms with E-state index >= 15 is 0 Å². The highest BCUT2D eigenvalue weighted by Gasteiger charge is 2.41. The molecule has 0 radical (unpaired) electrons. The number of nitrogens with two attached hydrogens (primary N) is 1. The van der Waals surface area contributed by atoms with Crippen molar-refractivity contribution >= 4 is 27.5 Å². The second-order valence-corrected chi connectivity index (χ2v) is 9.57. The molecule has 9 heteroatoms. The van der Waals surface area contributed by atoms with Gasteiger partial charge in [0.1, 0.15) is 16.5 Å². The number of halogens is 2. The van der Waals surface area contributed by atoms with Gasteiger partial charge in [0, 0.05) is 29.9 Å². The molecule has 0 saturated carbocycles. The maximum atomic E-state index is 14.0. The fourth-order valence-electron chi connectivity index (χ4n) is 3.53. The molecule has 1 saturated heterocycles. The monoisotopic (exact) mass is 440 g/mol. The van der Waals surface area contributed by atoms with Gasteiger partial charge in [0.25, 0.3) is 0 Å². The molecule has 2 aromatic carbocycles. The van der Waals surface area contributed by atoms with Gasteiger partial charge in [-0.25, -0.2) is 12.8 Å². The third-order valence-corrected chi connectivity index (χ3v) is 7.29. The number of sulfonamides is 1. The Kier molecular flexibility index (Phi) is 6.45. The van der Waals surface area contributed by atoms with E-state index in [1.807, 2.05) is 0 Å². The van der Waals surface area contributed by atoms with Crippen LogP contribution in [0.5, 0.6) is 5.75 Å². The lowest BCUT2D eigenvalue weighted by molar-refractivity contribution is -0.121. The van der Waals surface area contributed by atoms with Crippen molar-refractivity contribution in [2.45, 2.75) is 24.2 Å². The van der Waals surface area contributed by atoms with Crippen molar-refractivity contribution in [1.29, 1.82) is 0 Å². The van der Waals surface area contributed by atoms with Crippen molar-refractivity contribution in [3.8, 4) is 5.75 Å². The Hall–Kier alpha value is -2.16. The van der Waals surface area contributed by atoms with Gasteiger partial charge in [0.15, 0.2) is 0 Å². The Morgan fingerprint density at radius 3 is 2.48 bits per heavy atom. The van der Waals surface area contributed by atoms with E-state index in [1.165, 1.54) is 22.5 Å². The Bertz CT molecular complexity index is 991. The third kappa shape index (κ3) is 5.07. The highest BCUT2D eigenvalue weighted by Crippen LogP contribution is 2.37. The van der Waals surface area contributed by atoms with E-state index in [0.29, 0.717) is 23.6 Å². The van der Waals surface area contributed by atoms with Crippen molar-refractivity contribution in [2.75, 3.05) is 19.7 Å². The first kappa shape index (κ1) is 21.5. The van der Waals surface area contributed by atoms with Gasteiger partial charge in [-0.1, -0.05) is 29.8 Å². The summed E-state index contributed by atoms with van der Waals surface area (Å²) in [5.74, 6) is -0.710. The summed E-state index contributed by atoms with van der Waals surface area (Å²) in [6, 6.07) is 12.2. The predicted octanol–water partition coefficient (Wildman–Crippen LogP) is 3.20. The lowest BCUT2D eigenvalue weighted by Gasteiger charge is -2.40. The molecule has 0 spiro atoms. The minimum Gasteiger partial charge on any atom is -0.493 e. The number of amides is 1. The second-order valence-electron chi connectivity index (χ2n) is 7.22. The standard InChI is InChI=1S/C20H22ClFN2O4S/c21-15-4-3-5-16(12-15)28-14-20(13-19(23)25)8-10-24(11-9-20)29(26,27)18-7-2-1-6-17(18)22/h1-7,12H,8-11,13-14H2,(H2,23,25). The molecule has 156 valence electrons. The van der Waals surface area contributed by atoms with Gasteiger partial charge in [-0.2, -0.15) is 4.31 Å². The first-order valence-corrected chi connectivity index (χ1v) is 11.0. The fraction of sp³-hybridized carbons (Fsp3) is 0.350. The molecular weight excluding hydrogens is 419 g/mol. The number of primary amides is 1. The first-order chi connectivity index (χ1) is 13.7. The van der Waals surface area contributed by atoms with E-state index in [1.54, 1.807) is 24.3 Å². The fourth-order valence-corrected chi connectivity index (χ4v) is 5.22. The van der Waals surface area contributed by atoms with Crippen LogP contribution in [0.25, 0.3) is 0 Å². The predicted molar refractivity (Wildman–Crippen MR) is 108 cm³/mol. The van der Waals surface area contributed by atoms with Gasteiger partial charge in [0.2, 0.25) is 15.9 Å². The smallest absolute Gasteiger partial charge is 0.245 e. The summed E-state index contributed by atoms with van der Waals surface area (Å²) in [6.07, 6.45) is 0.801. The molecule has 0 aliphatic carbocycles.